The van der Waals surface area contributed by atoms with Crippen molar-refractivity contribution in [1.29, 1.82) is 0 Å². The zero-order valence-electron chi connectivity index (χ0n) is 18.5. The van der Waals surface area contributed by atoms with Gasteiger partial charge in [0.05, 0.1) is 23.2 Å². The summed E-state index contributed by atoms with van der Waals surface area (Å²) >= 11 is 0. The molecule has 31 heavy (non-hydrogen) atoms. The zero-order valence-corrected chi connectivity index (χ0v) is 19.3. The Labute approximate surface area is 184 Å². The molecule has 1 atom stereocenters. The monoisotopic (exact) mass is 445 g/mol. The number of unbranched alkanes of at least 4 members (excludes halogenated alkanes) is 1. The summed E-state index contributed by atoms with van der Waals surface area (Å²) in [6, 6.07) is 12.7. The molecule has 0 heterocycles. The Hall–Kier alpha value is -2.87. The molecule has 0 saturated carbocycles. The minimum Gasteiger partial charge on any atom is -0.352 e. The van der Waals surface area contributed by atoms with Gasteiger partial charge in [-0.25, -0.2) is 8.42 Å². The maximum Gasteiger partial charge on any atom is 0.253 e. The molecule has 0 bridgehead atoms. The molecule has 0 aliphatic rings. The van der Waals surface area contributed by atoms with Crippen molar-refractivity contribution in [2.24, 2.45) is 0 Å². The van der Waals surface area contributed by atoms with Gasteiger partial charge >= 0.3 is 0 Å². The van der Waals surface area contributed by atoms with Gasteiger partial charge in [-0.2, -0.15) is 0 Å². The number of carbonyl (C=O) groups is 2. The summed E-state index contributed by atoms with van der Waals surface area (Å²) < 4.78 is 26.1. The highest BCUT2D eigenvalue weighted by Gasteiger charge is 2.29. The van der Waals surface area contributed by atoms with Crippen molar-refractivity contribution in [3.63, 3.8) is 0 Å². The Balaban J connectivity index is 2.26. The summed E-state index contributed by atoms with van der Waals surface area (Å²) in [7, 11) is -3.72. The lowest BCUT2D eigenvalue weighted by Gasteiger charge is -2.28. The lowest BCUT2D eigenvalue weighted by molar-refractivity contribution is -0.116. The Kier molecular flexibility index (Phi) is 8.62. The Bertz CT molecular complexity index is 1000. The second kappa shape index (κ2) is 10.9. The summed E-state index contributed by atoms with van der Waals surface area (Å²) in [5.74, 6) is -0.814. The van der Waals surface area contributed by atoms with Gasteiger partial charge in [-0.1, -0.05) is 44.5 Å². The molecule has 0 spiro atoms. The van der Waals surface area contributed by atoms with E-state index in [1.165, 1.54) is 6.92 Å². The zero-order chi connectivity index (χ0) is 23.0. The molecule has 0 aliphatic carbocycles. The van der Waals surface area contributed by atoms with Gasteiger partial charge in [-0.15, -0.1) is 0 Å². The van der Waals surface area contributed by atoms with Crippen molar-refractivity contribution in [2.75, 3.05) is 22.4 Å². The van der Waals surface area contributed by atoms with E-state index in [1.54, 1.807) is 36.4 Å². The SMILES string of the molecule is CCCCNC(=O)c1ccccc1NC(=O)C(C)N(c1ccc(CC)cc1)S(C)(=O)=O. The van der Waals surface area contributed by atoms with Gasteiger partial charge in [-0.05, 0) is 49.6 Å². The van der Waals surface area contributed by atoms with Gasteiger partial charge in [-0.3, -0.25) is 13.9 Å². The van der Waals surface area contributed by atoms with Gasteiger partial charge in [0.25, 0.3) is 5.91 Å². The van der Waals surface area contributed by atoms with Gasteiger partial charge < -0.3 is 10.6 Å². The van der Waals surface area contributed by atoms with Crippen LogP contribution in [0.5, 0.6) is 0 Å². The molecular formula is C23H31N3O4S. The fourth-order valence-electron chi connectivity index (χ4n) is 3.19. The Morgan fingerprint density at radius 2 is 1.68 bits per heavy atom. The number of anilines is 2. The van der Waals surface area contributed by atoms with E-state index in [0.717, 1.165) is 35.4 Å². The standard InChI is InChI=1S/C23H31N3O4S/c1-5-7-16-24-23(28)20-10-8-9-11-21(20)25-22(27)17(3)26(31(4,29)30)19-14-12-18(6-2)13-15-19/h8-15,17H,5-7,16H2,1-4H3,(H,24,28)(H,25,27). The number of sulfonamides is 1. The van der Waals surface area contributed by atoms with Crippen LogP contribution in [0.15, 0.2) is 48.5 Å². The van der Waals surface area contributed by atoms with Gasteiger partial charge in [0, 0.05) is 6.54 Å². The predicted octanol–water partition coefficient (Wildman–Crippen LogP) is 3.57. The van der Waals surface area contributed by atoms with Crippen molar-refractivity contribution in [3.8, 4) is 0 Å². The molecular weight excluding hydrogens is 414 g/mol. The van der Waals surface area contributed by atoms with E-state index in [1.807, 2.05) is 26.0 Å². The van der Waals surface area contributed by atoms with Crippen molar-refractivity contribution < 1.29 is 18.0 Å². The van der Waals surface area contributed by atoms with E-state index in [0.29, 0.717) is 23.5 Å². The molecule has 2 amide bonds. The summed E-state index contributed by atoms with van der Waals surface area (Å²) in [4.78, 5) is 25.5. The predicted molar refractivity (Wildman–Crippen MR) is 125 cm³/mol. The minimum absolute atomic E-state index is 0.285. The molecule has 0 radical (unpaired) electrons. The third-order valence-corrected chi connectivity index (χ3v) is 6.17. The molecule has 2 rings (SSSR count). The van der Waals surface area contributed by atoms with E-state index in [4.69, 9.17) is 0 Å². The number of amides is 2. The van der Waals surface area contributed by atoms with E-state index < -0.39 is 22.0 Å². The molecule has 168 valence electrons. The van der Waals surface area contributed by atoms with Crippen LogP contribution in [0.1, 0.15) is 49.5 Å². The summed E-state index contributed by atoms with van der Waals surface area (Å²) in [6.45, 7) is 6.11. The minimum atomic E-state index is -3.72. The second-order valence-electron chi connectivity index (χ2n) is 7.40. The third-order valence-electron chi connectivity index (χ3n) is 4.93. The lowest BCUT2D eigenvalue weighted by atomic mass is 10.1. The normalized spacial score (nSPS) is 12.1. The van der Waals surface area contributed by atoms with Crippen molar-refractivity contribution >= 4 is 33.2 Å². The van der Waals surface area contributed by atoms with Crippen LogP contribution in [0, 0.1) is 0 Å². The number of aryl methyl sites for hydroxylation is 1. The molecule has 1 unspecified atom stereocenters. The summed E-state index contributed by atoms with van der Waals surface area (Å²) in [5.41, 5.74) is 2.14. The molecule has 0 saturated heterocycles. The fourth-order valence-corrected chi connectivity index (χ4v) is 4.36. The van der Waals surface area contributed by atoms with Crippen LogP contribution in [0.3, 0.4) is 0 Å². The number of carbonyl (C=O) groups excluding carboxylic acids is 2. The first-order chi connectivity index (χ1) is 14.7. The van der Waals surface area contributed by atoms with Crippen molar-refractivity contribution in [2.45, 2.75) is 46.1 Å². The van der Waals surface area contributed by atoms with Crippen molar-refractivity contribution in [1.82, 2.24) is 5.32 Å². The number of rotatable bonds is 10. The highest BCUT2D eigenvalue weighted by atomic mass is 32.2. The lowest BCUT2D eigenvalue weighted by Crippen LogP contribution is -2.45. The molecule has 2 aromatic carbocycles. The number of nitrogens with one attached hydrogen (secondary N) is 2. The highest BCUT2D eigenvalue weighted by Crippen LogP contribution is 2.23. The van der Waals surface area contributed by atoms with Crippen LogP contribution < -0.4 is 14.9 Å². The maximum atomic E-state index is 13.0. The van der Waals surface area contributed by atoms with Crippen LogP contribution in [0.2, 0.25) is 0 Å². The first-order valence-corrected chi connectivity index (χ1v) is 12.3. The molecule has 2 N–H and O–H groups in total. The van der Waals surface area contributed by atoms with Gasteiger partial charge in [0.2, 0.25) is 15.9 Å². The summed E-state index contributed by atoms with van der Waals surface area (Å²) in [6.07, 6.45) is 3.71. The molecule has 2 aromatic rings. The molecule has 0 fully saturated rings. The first kappa shape index (κ1) is 24.4. The average molecular weight is 446 g/mol. The molecule has 8 heteroatoms. The Morgan fingerprint density at radius 1 is 1.03 bits per heavy atom. The molecule has 7 nitrogen and oxygen atoms in total. The fraction of sp³-hybridized carbons (Fsp3) is 0.391. The van der Waals surface area contributed by atoms with Crippen molar-refractivity contribution in [3.05, 3.63) is 59.7 Å². The number of benzene rings is 2. The van der Waals surface area contributed by atoms with Crippen LogP contribution >= 0.6 is 0 Å². The molecule has 0 aromatic heterocycles. The highest BCUT2D eigenvalue weighted by molar-refractivity contribution is 7.92. The largest absolute Gasteiger partial charge is 0.352 e. The van der Waals surface area contributed by atoms with E-state index in [-0.39, 0.29) is 5.91 Å². The molecule has 0 aliphatic heterocycles. The average Bonchev–Trinajstić information content (AvgIpc) is 2.73. The van der Waals surface area contributed by atoms with Gasteiger partial charge in [0.1, 0.15) is 6.04 Å². The van der Waals surface area contributed by atoms with E-state index >= 15 is 0 Å². The maximum absolute atomic E-state index is 13.0. The van der Waals surface area contributed by atoms with E-state index in [9.17, 15) is 18.0 Å². The summed E-state index contributed by atoms with van der Waals surface area (Å²) in [5, 5.41) is 5.55. The van der Waals surface area contributed by atoms with Crippen LogP contribution in [0.4, 0.5) is 11.4 Å². The smallest absolute Gasteiger partial charge is 0.253 e. The van der Waals surface area contributed by atoms with Gasteiger partial charge in [0.15, 0.2) is 0 Å². The number of nitrogens with zero attached hydrogens (tertiary/aromatic N) is 1. The quantitative estimate of drug-likeness (QED) is 0.547. The number of hydrogen-bond donors (Lipinski definition) is 2. The second-order valence-corrected chi connectivity index (χ2v) is 9.26. The Morgan fingerprint density at radius 3 is 2.26 bits per heavy atom. The van der Waals surface area contributed by atoms with Crippen LogP contribution in [-0.2, 0) is 21.2 Å². The van der Waals surface area contributed by atoms with Crippen LogP contribution in [-0.4, -0.2) is 39.1 Å². The number of hydrogen-bond acceptors (Lipinski definition) is 4. The third kappa shape index (κ3) is 6.55. The topological polar surface area (TPSA) is 95.6 Å². The number of para-hydroxylation sites is 1. The van der Waals surface area contributed by atoms with E-state index in [2.05, 4.69) is 10.6 Å². The first-order valence-electron chi connectivity index (χ1n) is 10.5. The van der Waals surface area contributed by atoms with Crippen LogP contribution in [0.25, 0.3) is 0 Å².